The third-order valence-electron chi connectivity index (χ3n) is 3.24. The Morgan fingerprint density at radius 1 is 1.04 bits per heavy atom. The van der Waals surface area contributed by atoms with Gasteiger partial charge < -0.3 is 5.11 Å². The van der Waals surface area contributed by atoms with Crippen molar-refractivity contribution in [3.05, 3.63) is 75.1 Å². The fourth-order valence-electron chi connectivity index (χ4n) is 2.02. The van der Waals surface area contributed by atoms with Gasteiger partial charge in [0.2, 0.25) is 0 Å². The summed E-state index contributed by atoms with van der Waals surface area (Å²) in [5.74, 6) is -0.923. The van der Waals surface area contributed by atoms with Crippen molar-refractivity contribution in [2.45, 2.75) is 0 Å². The SMILES string of the molecule is O=C(O)c1ccc(/C=C/c2nc(-c3ccc(Cl)cc3)cs2)cc1. The molecule has 3 rings (SSSR count). The van der Waals surface area contributed by atoms with Gasteiger partial charge in [-0.1, -0.05) is 41.9 Å². The van der Waals surface area contributed by atoms with Crippen molar-refractivity contribution in [1.82, 2.24) is 4.98 Å². The number of aromatic carboxylic acids is 1. The molecule has 0 fully saturated rings. The van der Waals surface area contributed by atoms with Crippen LogP contribution >= 0.6 is 22.9 Å². The molecule has 3 aromatic rings. The number of nitrogens with zero attached hydrogens (tertiary/aromatic N) is 1. The molecule has 23 heavy (non-hydrogen) atoms. The van der Waals surface area contributed by atoms with E-state index in [4.69, 9.17) is 16.7 Å². The molecule has 0 aliphatic carbocycles. The predicted octanol–water partition coefficient (Wildman–Crippen LogP) is 5.33. The quantitative estimate of drug-likeness (QED) is 0.697. The van der Waals surface area contributed by atoms with E-state index in [1.165, 1.54) is 0 Å². The number of benzene rings is 2. The van der Waals surface area contributed by atoms with Crippen LogP contribution in [0.25, 0.3) is 23.4 Å². The predicted molar refractivity (Wildman–Crippen MR) is 94.9 cm³/mol. The molecule has 1 heterocycles. The third kappa shape index (κ3) is 3.86. The average Bonchev–Trinajstić information content (AvgIpc) is 3.03. The fraction of sp³-hybridized carbons (Fsp3) is 0. The summed E-state index contributed by atoms with van der Waals surface area (Å²) < 4.78 is 0. The number of hydrogen-bond acceptors (Lipinski definition) is 3. The molecule has 1 N–H and O–H groups in total. The molecule has 0 spiro atoms. The molecule has 0 aliphatic heterocycles. The monoisotopic (exact) mass is 341 g/mol. The van der Waals surface area contributed by atoms with Gasteiger partial charge in [0.05, 0.1) is 11.3 Å². The molecule has 0 amide bonds. The number of hydrogen-bond donors (Lipinski definition) is 1. The molecule has 0 atom stereocenters. The smallest absolute Gasteiger partial charge is 0.335 e. The van der Waals surface area contributed by atoms with Crippen LogP contribution in [0.4, 0.5) is 0 Å². The lowest BCUT2D eigenvalue weighted by Crippen LogP contribution is -1.94. The fourth-order valence-corrected chi connectivity index (χ4v) is 2.87. The lowest BCUT2D eigenvalue weighted by molar-refractivity contribution is 0.0697. The molecule has 0 aliphatic rings. The summed E-state index contributed by atoms with van der Waals surface area (Å²) in [6.45, 7) is 0. The molecule has 114 valence electrons. The first kappa shape index (κ1) is 15.5. The zero-order valence-electron chi connectivity index (χ0n) is 11.9. The minimum absolute atomic E-state index is 0.279. The number of thiazole rings is 1. The van der Waals surface area contributed by atoms with E-state index in [2.05, 4.69) is 4.98 Å². The van der Waals surface area contributed by atoms with Crippen molar-refractivity contribution in [3.63, 3.8) is 0 Å². The normalized spacial score (nSPS) is 11.0. The van der Waals surface area contributed by atoms with Gasteiger partial charge in [-0.2, -0.15) is 0 Å². The molecule has 0 unspecified atom stereocenters. The van der Waals surface area contributed by atoms with Crippen molar-refractivity contribution in [2.75, 3.05) is 0 Å². The second kappa shape index (κ2) is 6.77. The van der Waals surface area contributed by atoms with Crippen LogP contribution in [0, 0.1) is 0 Å². The molecule has 0 saturated carbocycles. The molecule has 0 radical (unpaired) electrons. The van der Waals surface area contributed by atoms with Gasteiger partial charge in [-0.3, -0.25) is 0 Å². The standard InChI is InChI=1S/C18H12ClNO2S/c19-15-8-6-13(7-9-15)16-11-23-17(20-16)10-3-12-1-4-14(5-2-12)18(21)22/h1-11H,(H,21,22)/b10-3+. The highest BCUT2D eigenvalue weighted by Gasteiger charge is 2.03. The number of aromatic nitrogens is 1. The van der Waals surface area contributed by atoms with Crippen molar-refractivity contribution in [2.24, 2.45) is 0 Å². The topological polar surface area (TPSA) is 50.2 Å². The second-order valence-electron chi connectivity index (χ2n) is 4.84. The van der Waals surface area contributed by atoms with Crippen LogP contribution in [0.1, 0.15) is 20.9 Å². The maximum Gasteiger partial charge on any atom is 0.335 e. The first-order valence-electron chi connectivity index (χ1n) is 6.85. The Morgan fingerprint density at radius 2 is 1.74 bits per heavy atom. The van der Waals surface area contributed by atoms with Crippen LogP contribution in [0.3, 0.4) is 0 Å². The minimum atomic E-state index is -0.923. The Morgan fingerprint density at radius 3 is 2.39 bits per heavy atom. The number of rotatable bonds is 4. The van der Waals surface area contributed by atoms with E-state index in [1.54, 1.807) is 35.6 Å². The summed E-state index contributed by atoms with van der Waals surface area (Å²) in [5.41, 5.74) is 3.14. The van der Waals surface area contributed by atoms with Gasteiger partial charge in [0, 0.05) is 16.0 Å². The number of carboxylic acid groups (broad SMARTS) is 1. The van der Waals surface area contributed by atoms with E-state index in [0.717, 1.165) is 21.8 Å². The first-order chi connectivity index (χ1) is 11.1. The summed E-state index contributed by atoms with van der Waals surface area (Å²) in [7, 11) is 0. The van der Waals surface area contributed by atoms with Gasteiger partial charge in [-0.05, 0) is 35.9 Å². The van der Waals surface area contributed by atoms with E-state index in [1.807, 2.05) is 41.8 Å². The summed E-state index contributed by atoms with van der Waals surface area (Å²) in [4.78, 5) is 15.4. The summed E-state index contributed by atoms with van der Waals surface area (Å²) in [5, 5.41) is 12.5. The Kier molecular flexibility index (Phi) is 4.55. The maximum atomic E-state index is 10.8. The molecular weight excluding hydrogens is 330 g/mol. The van der Waals surface area contributed by atoms with Crippen LogP contribution in [-0.2, 0) is 0 Å². The van der Waals surface area contributed by atoms with Gasteiger partial charge in [0.25, 0.3) is 0 Å². The summed E-state index contributed by atoms with van der Waals surface area (Å²) >= 11 is 7.44. The minimum Gasteiger partial charge on any atom is -0.478 e. The Bertz CT molecular complexity index is 851. The summed E-state index contributed by atoms with van der Waals surface area (Å²) in [6, 6.07) is 14.3. The number of carbonyl (C=O) groups is 1. The summed E-state index contributed by atoms with van der Waals surface area (Å²) in [6.07, 6.45) is 3.83. The zero-order chi connectivity index (χ0) is 16.2. The van der Waals surface area contributed by atoms with Gasteiger partial charge in [0.15, 0.2) is 0 Å². The molecular formula is C18H12ClNO2S. The van der Waals surface area contributed by atoms with Crippen molar-refractivity contribution < 1.29 is 9.90 Å². The Hall–Kier alpha value is -2.43. The van der Waals surface area contributed by atoms with Crippen molar-refractivity contribution >= 4 is 41.1 Å². The van der Waals surface area contributed by atoms with Crippen LogP contribution in [0.5, 0.6) is 0 Å². The van der Waals surface area contributed by atoms with E-state index in [9.17, 15) is 4.79 Å². The molecule has 1 aromatic heterocycles. The molecule has 0 bridgehead atoms. The zero-order valence-corrected chi connectivity index (χ0v) is 13.5. The highest BCUT2D eigenvalue weighted by Crippen LogP contribution is 2.24. The highest BCUT2D eigenvalue weighted by molar-refractivity contribution is 7.10. The Balaban J connectivity index is 1.75. The molecule has 0 saturated heterocycles. The highest BCUT2D eigenvalue weighted by atomic mass is 35.5. The van der Waals surface area contributed by atoms with Crippen LogP contribution < -0.4 is 0 Å². The largest absolute Gasteiger partial charge is 0.478 e. The van der Waals surface area contributed by atoms with Gasteiger partial charge in [-0.25, -0.2) is 9.78 Å². The van der Waals surface area contributed by atoms with Crippen LogP contribution in [-0.4, -0.2) is 16.1 Å². The molecule has 3 nitrogen and oxygen atoms in total. The van der Waals surface area contributed by atoms with Crippen molar-refractivity contribution in [3.8, 4) is 11.3 Å². The van der Waals surface area contributed by atoms with Gasteiger partial charge in [-0.15, -0.1) is 11.3 Å². The lowest BCUT2D eigenvalue weighted by atomic mass is 10.1. The second-order valence-corrected chi connectivity index (χ2v) is 6.16. The average molecular weight is 342 g/mol. The number of halogens is 1. The van der Waals surface area contributed by atoms with Crippen molar-refractivity contribution in [1.29, 1.82) is 0 Å². The van der Waals surface area contributed by atoms with E-state index in [-0.39, 0.29) is 5.56 Å². The van der Waals surface area contributed by atoms with E-state index >= 15 is 0 Å². The third-order valence-corrected chi connectivity index (χ3v) is 4.30. The molecule has 2 aromatic carbocycles. The maximum absolute atomic E-state index is 10.8. The van der Waals surface area contributed by atoms with E-state index < -0.39 is 5.97 Å². The van der Waals surface area contributed by atoms with E-state index in [0.29, 0.717) is 5.02 Å². The van der Waals surface area contributed by atoms with Crippen LogP contribution in [0.15, 0.2) is 53.9 Å². The Labute approximate surface area is 142 Å². The number of carboxylic acids is 1. The van der Waals surface area contributed by atoms with Gasteiger partial charge >= 0.3 is 5.97 Å². The first-order valence-corrected chi connectivity index (χ1v) is 8.10. The molecule has 5 heteroatoms. The lowest BCUT2D eigenvalue weighted by Gasteiger charge is -1.96. The van der Waals surface area contributed by atoms with Gasteiger partial charge in [0.1, 0.15) is 5.01 Å². The van der Waals surface area contributed by atoms with Crippen LogP contribution in [0.2, 0.25) is 5.02 Å².